The van der Waals surface area contributed by atoms with Crippen LogP contribution in [0.25, 0.3) is 0 Å². The molecule has 1 unspecified atom stereocenters. The molecule has 0 aromatic heterocycles. The maximum Gasteiger partial charge on any atom is 0.246 e. The number of fused-ring (bicyclic) bond motifs is 5. The van der Waals surface area contributed by atoms with Crippen molar-refractivity contribution < 1.29 is 27.8 Å². The number of rotatable bonds is 2. The van der Waals surface area contributed by atoms with Crippen molar-refractivity contribution in [3.8, 4) is 17.2 Å². The molecule has 5 nitrogen and oxygen atoms in total. The Bertz CT molecular complexity index is 1230. The van der Waals surface area contributed by atoms with Gasteiger partial charge in [-0.25, -0.2) is 8.78 Å². The zero-order valence-corrected chi connectivity index (χ0v) is 15.7. The fraction of sp³-hybridized carbons (Fsp3) is 0.174. The highest BCUT2D eigenvalue weighted by atomic mass is 19.2. The minimum atomic E-state index is -1.07. The van der Waals surface area contributed by atoms with Crippen molar-refractivity contribution in [2.24, 2.45) is 0 Å². The first kappa shape index (κ1) is 17.3. The minimum Gasteiger partial charge on any atom is -0.491 e. The van der Waals surface area contributed by atoms with E-state index < -0.39 is 17.0 Å². The topological polar surface area (TPSA) is 48.0 Å². The third-order valence-corrected chi connectivity index (χ3v) is 6.00. The number of hydrogen-bond acceptors (Lipinski definition) is 4. The second kappa shape index (κ2) is 5.95. The molecule has 30 heavy (non-hydrogen) atoms. The molecule has 0 bridgehead atoms. The van der Waals surface area contributed by atoms with Crippen molar-refractivity contribution in [2.75, 3.05) is 18.3 Å². The summed E-state index contributed by atoms with van der Waals surface area (Å²) in [6.07, 6.45) is 0. The molecule has 0 aliphatic carbocycles. The molecular weight excluding hydrogens is 392 g/mol. The molecule has 3 aliphatic heterocycles. The van der Waals surface area contributed by atoms with Gasteiger partial charge in [0.2, 0.25) is 12.7 Å². The summed E-state index contributed by atoms with van der Waals surface area (Å²) in [7, 11) is 0. The Hall–Kier alpha value is -3.61. The summed E-state index contributed by atoms with van der Waals surface area (Å²) in [6, 6.07) is 14.8. The van der Waals surface area contributed by atoms with Crippen molar-refractivity contribution >= 4 is 11.6 Å². The average molecular weight is 407 g/mol. The number of halogens is 2. The van der Waals surface area contributed by atoms with Crippen LogP contribution in [-0.2, 0) is 16.8 Å². The minimum absolute atomic E-state index is 0.0823. The third-order valence-electron chi connectivity index (χ3n) is 6.00. The van der Waals surface area contributed by atoms with E-state index in [1.807, 2.05) is 24.3 Å². The number of carbonyl (C=O) groups excluding carboxylic acids is 1. The maximum absolute atomic E-state index is 14.3. The lowest BCUT2D eigenvalue weighted by atomic mass is 9.77. The van der Waals surface area contributed by atoms with E-state index in [1.165, 1.54) is 17.0 Å². The predicted octanol–water partition coefficient (Wildman–Crippen LogP) is 3.92. The smallest absolute Gasteiger partial charge is 0.246 e. The Balaban J connectivity index is 1.51. The number of nitrogens with zero attached hydrogens (tertiary/aromatic N) is 1. The van der Waals surface area contributed by atoms with E-state index in [2.05, 4.69) is 0 Å². The highest BCUT2D eigenvalue weighted by Gasteiger charge is 2.57. The monoisotopic (exact) mass is 407 g/mol. The first-order chi connectivity index (χ1) is 14.6. The maximum atomic E-state index is 14.3. The molecule has 150 valence electrons. The number of para-hydroxylation sites is 1. The van der Waals surface area contributed by atoms with Crippen LogP contribution < -0.4 is 19.1 Å². The van der Waals surface area contributed by atoms with Gasteiger partial charge in [-0.05, 0) is 23.8 Å². The summed E-state index contributed by atoms with van der Waals surface area (Å²) in [5, 5.41) is 0. The molecular formula is C23H15F2NO4. The molecule has 3 heterocycles. The van der Waals surface area contributed by atoms with E-state index >= 15 is 0 Å². The highest BCUT2D eigenvalue weighted by molar-refractivity contribution is 6.11. The molecule has 3 aliphatic rings. The van der Waals surface area contributed by atoms with Gasteiger partial charge in [-0.1, -0.05) is 30.3 Å². The lowest BCUT2D eigenvalue weighted by molar-refractivity contribution is -0.122. The van der Waals surface area contributed by atoms with Crippen LogP contribution in [0.1, 0.15) is 16.7 Å². The Morgan fingerprint density at radius 2 is 1.70 bits per heavy atom. The average Bonchev–Trinajstić information content (AvgIpc) is 3.42. The number of amides is 1. The zero-order valence-electron chi connectivity index (χ0n) is 15.7. The standard InChI is InChI=1S/C23H15F2NO4/c24-16-6-3-4-13(21(16)25)10-26-17-7-2-1-5-14(17)23(22(26)27)11-28-18-9-20-19(8-15(18)23)29-12-30-20/h1-9H,10-12H2. The van der Waals surface area contributed by atoms with Gasteiger partial charge in [-0.3, -0.25) is 4.79 Å². The predicted molar refractivity (Wildman–Crippen MR) is 103 cm³/mol. The second-order valence-electron chi connectivity index (χ2n) is 7.52. The van der Waals surface area contributed by atoms with Crippen LogP contribution in [0, 0.1) is 11.6 Å². The van der Waals surface area contributed by atoms with E-state index in [0.29, 0.717) is 28.5 Å². The molecule has 0 saturated heterocycles. The molecule has 0 radical (unpaired) electrons. The molecule has 1 spiro atoms. The van der Waals surface area contributed by atoms with Crippen LogP contribution in [0.4, 0.5) is 14.5 Å². The second-order valence-corrected chi connectivity index (χ2v) is 7.52. The summed E-state index contributed by atoms with van der Waals surface area (Å²) in [5.74, 6) is -0.451. The first-order valence-electron chi connectivity index (χ1n) is 9.51. The van der Waals surface area contributed by atoms with E-state index in [1.54, 1.807) is 12.1 Å². The summed E-state index contributed by atoms with van der Waals surface area (Å²) in [5.41, 5.74) is 1.15. The van der Waals surface area contributed by atoms with E-state index in [0.717, 1.165) is 11.6 Å². The largest absolute Gasteiger partial charge is 0.491 e. The van der Waals surface area contributed by atoms with Gasteiger partial charge in [0.05, 0.1) is 6.54 Å². The molecule has 1 atom stereocenters. The molecule has 0 fully saturated rings. The van der Waals surface area contributed by atoms with Crippen molar-refractivity contribution in [2.45, 2.75) is 12.0 Å². The summed E-state index contributed by atoms with van der Waals surface area (Å²) >= 11 is 0. The van der Waals surface area contributed by atoms with Crippen molar-refractivity contribution in [3.05, 3.63) is 82.9 Å². The molecule has 7 heteroatoms. The molecule has 3 aromatic rings. The van der Waals surface area contributed by atoms with Crippen LogP contribution in [0.15, 0.2) is 54.6 Å². The zero-order chi connectivity index (χ0) is 20.5. The first-order valence-corrected chi connectivity index (χ1v) is 9.51. The van der Waals surface area contributed by atoms with Crippen molar-refractivity contribution in [1.29, 1.82) is 0 Å². The van der Waals surface area contributed by atoms with Gasteiger partial charge in [0.25, 0.3) is 0 Å². The Morgan fingerprint density at radius 3 is 2.57 bits per heavy atom. The quantitative estimate of drug-likeness (QED) is 0.646. The van der Waals surface area contributed by atoms with Gasteiger partial charge in [0.1, 0.15) is 17.8 Å². The molecule has 6 rings (SSSR count). The van der Waals surface area contributed by atoms with Crippen LogP contribution in [0.3, 0.4) is 0 Å². The molecule has 3 aromatic carbocycles. The van der Waals surface area contributed by atoms with Gasteiger partial charge >= 0.3 is 0 Å². The SMILES string of the molecule is O=C1N(Cc2cccc(F)c2F)c2ccccc2C12COc1cc3c(cc12)OCO3. The van der Waals surface area contributed by atoms with Gasteiger partial charge < -0.3 is 19.1 Å². The molecule has 0 saturated carbocycles. The normalized spacial score (nSPS) is 20.5. The lowest BCUT2D eigenvalue weighted by Crippen LogP contribution is -2.42. The van der Waals surface area contributed by atoms with E-state index in [4.69, 9.17) is 14.2 Å². The van der Waals surface area contributed by atoms with Crippen molar-refractivity contribution in [1.82, 2.24) is 0 Å². The summed E-state index contributed by atoms with van der Waals surface area (Å²) < 4.78 is 44.9. The van der Waals surface area contributed by atoms with Gasteiger partial charge in [-0.2, -0.15) is 0 Å². The Morgan fingerprint density at radius 1 is 0.900 bits per heavy atom. The summed E-state index contributed by atoms with van der Waals surface area (Å²) in [6.45, 7) is 0.144. The van der Waals surface area contributed by atoms with E-state index in [9.17, 15) is 13.6 Å². The van der Waals surface area contributed by atoms with E-state index in [-0.39, 0.29) is 31.4 Å². The van der Waals surface area contributed by atoms with Gasteiger partial charge in [0.15, 0.2) is 23.1 Å². The number of ether oxygens (including phenoxy) is 3. The van der Waals surface area contributed by atoms with Crippen LogP contribution in [-0.4, -0.2) is 19.3 Å². The number of anilines is 1. The van der Waals surface area contributed by atoms with Gasteiger partial charge in [-0.15, -0.1) is 0 Å². The van der Waals surface area contributed by atoms with Crippen LogP contribution in [0.2, 0.25) is 0 Å². The number of benzene rings is 3. The van der Waals surface area contributed by atoms with Crippen LogP contribution in [0.5, 0.6) is 17.2 Å². The summed E-state index contributed by atoms with van der Waals surface area (Å²) in [4.78, 5) is 15.3. The molecule has 1 amide bonds. The fourth-order valence-electron chi connectivity index (χ4n) is 4.56. The Labute approximate surface area is 170 Å². The number of carbonyl (C=O) groups is 1. The Kier molecular flexibility index (Phi) is 3.42. The lowest BCUT2D eigenvalue weighted by Gasteiger charge is -2.23. The van der Waals surface area contributed by atoms with Crippen molar-refractivity contribution in [3.63, 3.8) is 0 Å². The number of hydrogen-bond donors (Lipinski definition) is 0. The van der Waals surface area contributed by atoms with Gasteiger partial charge in [0, 0.05) is 22.9 Å². The fourth-order valence-corrected chi connectivity index (χ4v) is 4.56. The highest BCUT2D eigenvalue weighted by Crippen LogP contribution is 2.55. The molecule has 0 N–H and O–H groups in total. The van der Waals surface area contributed by atoms with Crippen LogP contribution >= 0.6 is 0 Å². The third kappa shape index (κ3) is 2.12.